The minimum Gasteiger partial charge on any atom is -0.366 e. The molecule has 0 bridgehead atoms. The smallest absolute Gasteiger partial charge is 0.148 e. The van der Waals surface area contributed by atoms with E-state index >= 15 is 0 Å². The van der Waals surface area contributed by atoms with Crippen LogP contribution in [0.5, 0.6) is 0 Å². The Morgan fingerprint density at radius 3 is 2.85 bits per heavy atom. The number of hydrogen-bond donors (Lipinski definition) is 2. The quantitative estimate of drug-likeness (QED) is 0.721. The van der Waals surface area contributed by atoms with Gasteiger partial charge in [-0.1, -0.05) is 6.92 Å². The van der Waals surface area contributed by atoms with Gasteiger partial charge in [0, 0.05) is 12.2 Å². The van der Waals surface area contributed by atoms with Crippen LogP contribution in [0.3, 0.4) is 0 Å². The highest BCUT2D eigenvalue weighted by atomic mass is 15.2. The largest absolute Gasteiger partial charge is 0.366 e. The summed E-state index contributed by atoms with van der Waals surface area (Å²) < 4.78 is 0. The van der Waals surface area contributed by atoms with Crippen LogP contribution < -0.4 is 11.1 Å². The van der Waals surface area contributed by atoms with E-state index in [9.17, 15) is 0 Å². The fourth-order valence-electron chi connectivity index (χ4n) is 0.958. The van der Waals surface area contributed by atoms with E-state index in [0.29, 0.717) is 18.5 Å². The molecule has 0 amide bonds. The predicted molar refractivity (Wildman–Crippen MR) is 53.3 cm³/mol. The molecule has 0 saturated heterocycles. The summed E-state index contributed by atoms with van der Waals surface area (Å²) in [4.78, 5) is 0. The molecule has 1 rings (SSSR count). The van der Waals surface area contributed by atoms with Crippen LogP contribution >= 0.6 is 0 Å². The number of nitrogens with zero attached hydrogens (tertiary/aromatic N) is 2. The van der Waals surface area contributed by atoms with E-state index in [1.165, 1.54) is 0 Å². The van der Waals surface area contributed by atoms with Crippen molar-refractivity contribution in [1.82, 2.24) is 10.2 Å². The van der Waals surface area contributed by atoms with Crippen LogP contribution in [0.25, 0.3) is 0 Å². The second-order valence-corrected chi connectivity index (χ2v) is 3.25. The van der Waals surface area contributed by atoms with Crippen LogP contribution in [0.1, 0.15) is 13.8 Å². The van der Waals surface area contributed by atoms with Crippen molar-refractivity contribution in [3.05, 3.63) is 18.3 Å². The van der Waals surface area contributed by atoms with Gasteiger partial charge in [-0.05, 0) is 31.5 Å². The zero-order valence-corrected chi connectivity index (χ0v) is 8.07. The van der Waals surface area contributed by atoms with Gasteiger partial charge in [0.05, 0.1) is 0 Å². The van der Waals surface area contributed by atoms with Crippen molar-refractivity contribution < 1.29 is 0 Å². The molecule has 1 aromatic heterocycles. The molecule has 0 aliphatic heterocycles. The second-order valence-electron chi connectivity index (χ2n) is 3.25. The molecule has 13 heavy (non-hydrogen) atoms. The van der Waals surface area contributed by atoms with Crippen LogP contribution in [0.15, 0.2) is 18.3 Å². The SMILES string of the molecule is CC(CN)C(C)Nc1cccnn1. The topological polar surface area (TPSA) is 63.8 Å². The van der Waals surface area contributed by atoms with Crippen LogP contribution in [0.4, 0.5) is 5.82 Å². The Morgan fingerprint density at radius 2 is 2.31 bits per heavy atom. The summed E-state index contributed by atoms with van der Waals surface area (Å²) in [6, 6.07) is 4.07. The second kappa shape index (κ2) is 4.77. The molecular weight excluding hydrogens is 164 g/mol. The van der Waals surface area contributed by atoms with E-state index in [-0.39, 0.29) is 0 Å². The monoisotopic (exact) mass is 180 g/mol. The molecule has 2 atom stereocenters. The van der Waals surface area contributed by atoms with Gasteiger partial charge in [-0.2, -0.15) is 5.10 Å². The molecular formula is C9H16N4. The van der Waals surface area contributed by atoms with Crippen LogP contribution in [0, 0.1) is 5.92 Å². The maximum atomic E-state index is 5.55. The lowest BCUT2D eigenvalue weighted by Crippen LogP contribution is -2.29. The molecule has 0 spiro atoms. The van der Waals surface area contributed by atoms with Gasteiger partial charge in [-0.3, -0.25) is 0 Å². The molecule has 1 aromatic rings. The summed E-state index contributed by atoms with van der Waals surface area (Å²) in [6.07, 6.45) is 1.65. The average Bonchev–Trinajstić information content (AvgIpc) is 2.18. The fraction of sp³-hybridized carbons (Fsp3) is 0.556. The third kappa shape index (κ3) is 2.99. The molecule has 4 nitrogen and oxygen atoms in total. The number of aromatic nitrogens is 2. The van der Waals surface area contributed by atoms with Crippen LogP contribution in [0.2, 0.25) is 0 Å². The Kier molecular flexibility index (Phi) is 3.64. The number of nitrogens with two attached hydrogens (primary N) is 1. The summed E-state index contributed by atoms with van der Waals surface area (Å²) in [5, 5.41) is 11.0. The molecule has 0 aliphatic rings. The maximum absolute atomic E-state index is 5.55. The van der Waals surface area contributed by atoms with Crippen molar-refractivity contribution in [3.8, 4) is 0 Å². The standard InChI is InChI=1S/C9H16N4/c1-7(6-10)8(2)12-9-4-3-5-11-13-9/h3-5,7-8H,6,10H2,1-2H3,(H,12,13). The first-order chi connectivity index (χ1) is 6.24. The summed E-state index contributed by atoms with van der Waals surface area (Å²) >= 11 is 0. The first-order valence-electron chi connectivity index (χ1n) is 4.48. The highest BCUT2D eigenvalue weighted by Crippen LogP contribution is 2.07. The Bertz CT molecular complexity index is 237. The third-order valence-corrected chi connectivity index (χ3v) is 2.17. The Morgan fingerprint density at radius 1 is 1.54 bits per heavy atom. The average molecular weight is 180 g/mol. The maximum Gasteiger partial charge on any atom is 0.148 e. The number of nitrogens with one attached hydrogen (secondary N) is 1. The molecule has 72 valence electrons. The molecule has 0 fully saturated rings. The van der Waals surface area contributed by atoms with Gasteiger partial charge in [0.15, 0.2) is 0 Å². The van der Waals surface area contributed by atoms with Gasteiger partial charge in [0.25, 0.3) is 0 Å². The van der Waals surface area contributed by atoms with Crippen LogP contribution in [-0.2, 0) is 0 Å². The molecule has 4 heteroatoms. The number of anilines is 1. The highest BCUT2D eigenvalue weighted by molar-refractivity contribution is 5.32. The van der Waals surface area contributed by atoms with Gasteiger partial charge in [-0.25, -0.2) is 0 Å². The number of rotatable bonds is 4. The van der Waals surface area contributed by atoms with Gasteiger partial charge in [-0.15, -0.1) is 5.10 Å². The predicted octanol–water partition coefficient (Wildman–Crippen LogP) is 0.872. The van der Waals surface area contributed by atoms with E-state index in [1.54, 1.807) is 6.20 Å². The number of hydrogen-bond acceptors (Lipinski definition) is 4. The fourth-order valence-corrected chi connectivity index (χ4v) is 0.958. The minimum absolute atomic E-state index is 0.321. The van der Waals surface area contributed by atoms with Gasteiger partial charge in [0.1, 0.15) is 5.82 Å². The summed E-state index contributed by atoms with van der Waals surface area (Å²) in [5.41, 5.74) is 5.55. The summed E-state index contributed by atoms with van der Waals surface area (Å²) in [6.45, 7) is 4.87. The Labute approximate surface area is 78.6 Å². The first kappa shape index (κ1) is 9.92. The van der Waals surface area contributed by atoms with Crippen molar-refractivity contribution in [2.45, 2.75) is 19.9 Å². The Balaban J connectivity index is 2.50. The van der Waals surface area contributed by atoms with E-state index < -0.39 is 0 Å². The van der Waals surface area contributed by atoms with E-state index in [1.807, 2.05) is 12.1 Å². The van der Waals surface area contributed by atoms with Crippen molar-refractivity contribution in [2.24, 2.45) is 11.7 Å². The van der Waals surface area contributed by atoms with Gasteiger partial charge in [0.2, 0.25) is 0 Å². The van der Waals surface area contributed by atoms with Crippen LogP contribution in [-0.4, -0.2) is 22.8 Å². The zero-order chi connectivity index (χ0) is 9.68. The summed E-state index contributed by atoms with van der Waals surface area (Å²) in [5.74, 6) is 1.23. The highest BCUT2D eigenvalue weighted by Gasteiger charge is 2.09. The molecule has 2 unspecified atom stereocenters. The molecule has 0 radical (unpaired) electrons. The van der Waals surface area contributed by atoms with Gasteiger partial charge < -0.3 is 11.1 Å². The summed E-state index contributed by atoms with van der Waals surface area (Å²) in [7, 11) is 0. The molecule has 3 N–H and O–H groups in total. The molecule has 1 heterocycles. The molecule has 0 aromatic carbocycles. The minimum atomic E-state index is 0.321. The van der Waals surface area contributed by atoms with Crippen molar-refractivity contribution in [1.29, 1.82) is 0 Å². The molecule has 0 saturated carbocycles. The Hall–Kier alpha value is -1.16. The first-order valence-corrected chi connectivity index (χ1v) is 4.48. The van der Waals surface area contributed by atoms with E-state index in [4.69, 9.17) is 5.73 Å². The lowest BCUT2D eigenvalue weighted by atomic mass is 10.0. The lowest BCUT2D eigenvalue weighted by molar-refractivity contribution is 0.519. The lowest BCUT2D eigenvalue weighted by Gasteiger charge is -2.19. The van der Waals surface area contributed by atoms with Crippen molar-refractivity contribution in [2.75, 3.05) is 11.9 Å². The van der Waals surface area contributed by atoms with Crippen molar-refractivity contribution >= 4 is 5.82 Å². The third-order valence-electron chi connectivity index (χ3n) is 2.17. The van der Waals surface area contributed by atoms with E-state index in [0.717, 1.165) is 5.82 Å². The van der Waals surface area contributed by atoms with Crippen molar-refractivity contribution in [3.63, 3.8) is 0 Å². The zero-order valence-electron chi connectivity index (χ0n) is 8.07. The van der Waals surface area contributed by atoms with Gasteiger partial charge >= 0.3 is 0 Å². The van der Waals surface area contributed by atoms with E-state index in [2.05, 4.69) is 29.4 Å². The molecule has 0 aliphatic carbocycles. The normalized spacial score (nSPS) is 15.0.